The van der Waals surface area contributed by atoms with Crippen LogP contribution in [0.15, 0.2) is 0 Å². The van der Waals surface area contributed by atoms with E-state index in [1.807, 2.05) is 11.8 Å². The lowest BCUT2D eigenvalue weighted by Crippen LogP contribution is -2.19. The quantitative estimate of drug-likeness (QED) is 0.535. The molecule has 0 aromatic carbocycles. The van der Waals surface area contributed by atoms with E-state index in [0.29, 0.717) is 12.3 Å². The summed E-state index contributed by atoms with van der Waals surface area (Å²) in [6.45, 7) is 1.99. The highest BCUT2D eigenvalue weighted by atomic mass is 32.2. The molecular weight excluding hydrogens is 212 g/mol. The van der Waals surface area contributed by atoms with Crippen molar-refractivity contribution in [3.8, 4) is 0 Å². The molecule has 15 heavy (non-hydrogen) atoms. The third-order valence-corrected chi connectivity index (χ3v) is 3.67. The fourth-order valence-electron chi connectivity index (χ4n) is 1.68. The van der Waals surface area contributed by atoms with Crippen molar-refractivity contribution in [1.82, 2.24) is 0 Å². The Hall–Kier alpha value is -0.510. The smallest absolute Gasteiger partial charge is 0.374 e. The first-order valence-electron chi connectivity index (χ1n) is 5.51. The predicted molar refractivity (Wildman–Crippen MR) is 60.9 cm³/mol. The largest absolute Gasteiger partial charge is 0.460 e. The molecule has 1 aliphatic heterocycles. The van der Waals surface area contributed by atoms with Crippen molar-refractivity contribution in [2.24, 2.45) is 5.92 Å². The highest BCUT2D eigenvalue weighted by Gasteiger charge is 2.19. The molecule has 0 amide bonds. The molecule has 0 spiro atoms. The van der Waals surface area contributed by atoms with Crippen molar-refractivity contribution < 1.29 is 14.3 Å². The summed E-state index contributed by atoms with van der Waals surface area (Å²) in [5, 5.41) is 0. The van der Waals surface area contributed by atoms with Crippen LogP contribution in [0.1, 0.15) is 32.6 Å². The molecule has 86 valence electrons. The van der Waals surface area contributed by atoms with Crippen LogP contribution in [0.3, 0.4) is 0 Å². The molecule has 1 fully saturated rings. The second-order valence-electron chi connectivity index (χ2n) is 3.74. The van der Waals surface area contributed by atoms with Gasteiger partial charge in [0.25, 0.3) is 0 Å². The number of hydrogen-bond acceptors (Lipinski definition) is 4. The van der Waals surface area contributed by atoms with Crippen LogP contribution in [0, 0.1) is 5.92 Å². The van der Waals surface area contributed by atoms with Gasteiger partial charge in [0.05, 0.1) is 6.61 Å². The van der Waals surface area contributed by atoms with Crippen LogP contribution in [0.5, 0.6) is 0 Å². The van der Waals surface area contributed by atoms with Gasteiger partial charge in [-0.3, -0.25) is 4.79 Å². The van der Waals surface area contributed by atoms with Gasteiger partial charge in [0.1, 0.15) is 0 Å². The maximum Gasteiger partial charge on any atom is 0.374 e. The average Bonchev–Trinajstić information content (AvgIpc) is 2.27. The number of Topliss-reactive ketones (excluding diaryl/α,β-unsaturated/α-hetero) is 1. The van der Waals surface area contributed by atoms with Gasteiger partial charge in [0, 0.05) is 6.42 Å². The molecule has 1 rings (SSSR count). The number of carbonyl (C=O) groups is 2. The monoisotopic (exact) mass is 230 g/mol. The molecule has 0 aromatic heterocycles. The summed E-state index contributed by atoms with van der Waals surface area (Å²) < 4.78 is 4.65. The zero-order valence-corrected chi connectivity index (χ0v) is 9.98. The van der Waals surface area contributed by atoms with E-state index in [0.717, 1.165) is 6.42 Å². The van der Waals surface area contributed by atoms with Crippen LogP contribution >= 0.6 is 11.8 Å². The molecule has 0 saturated carbocycles. The Morgan fingerprint density at radius 1 is 1.33 bits per heavy atom. The highest BCUT2D eigenvalue weighted by molar-refractivity contribution is 7.99. The second-order valence-corrected chi connectivity index (χ2v) is 4.96. The average molecular weight is 230 g/mol. The first kappa shape index (κ1) is 12.6. The summed E-state index contributed by atoms with van der Waals surface area (Å²) in [4.78, 5) is 22.3. The van der Waals surface area contributed by atoms with Crippen LogP contribution in [0.25, 0.3) is 0 Å². The van der Waals surface area contributed by atoms with Gasteiger partial charge in [-0.25, -0.2) is 4.79 Å². The number of rotatable bonds is 5. The first-order chi connectivity index (χ1) is 7.24. The number of ketones is 1. The van der Waals surface area contributed by atoms with Crippen LogP contribution < -0.4 is 0 Å². The molecule has 4 heteroatoms. The van der Waals surface area contributed by atoms with E-state index in [1.54, 1.807) is 6.92 Å². The molecule has 0 bridgehead atoms. The van der Waals surface area contributed by atoms with Crippen LogP contribution in [0.4, 0.5) is 0 Å². The van der Waals surface area contributed by atoms with Crippen molar-refractivity contribution in [3.05, 3.63) is 0 Å². The zero-order chi connectivity index (χ0) is 11.1. The van der Waals surface area contributed by atoms with Gasteiger partial charge in [0.2, 0.25) is 5.78 Å². The van der Waals surface area contributed by atoms with Crippen molar-refractivity contribution >= 4 is 23.5 Å². The van der Waals surface area contributed by atoms with E-state index in [-0.39, 0.29) is 12.4 Å². The van der Waals surface area contributed by atoms with Gasteiger partial charge >= 0.3 is 5.97 Å². The number of thioether (sulfide) groups is 1. The maximum atomic E-state index is 11.3. The molecule has 1 aliphatic rings. The van der Waals surface area contributed by atoms with E-state index in [1.165, 1.54) is 24.3 Å². The third-order valence-electron chi connectivity index (χ3n) is 2.62. The summed E-state index contributed by atoms with van der Waals surface area (Å²) in [7, 11) is 0. The summed E-state index contributed by atoms with van der Waals surface area (Å²) >= 11 is 1.97. The normalized spacial score (nSPS) is 17.4. The molecule has 0 atom stereocenters. The molecule has 0 radical (unpaired) electrons. The number of hydrogen-bond donors (Lipinski definition) is 0. The Morgan fingerprint density at radius 2 is 2.00 bits per heavy atom. The molecular formula is C11H18O3S. The van der Waals surface area contributed by atoms with Gasteiger partial charge in [0.15, 0.2) is 0 Å². The van der Waals surface area contributed by atoms with Gasteiger partial charge in [-0.15, -0.1) is 0 Å². The van der Waals surface area contributed by atoms with Gasteiger partial charge < -0.3 is 4.74 Å². The van der Waals surface area contributed by atoms with Gasteiger partial charge in [-0.1, -0.05) is 0 Å². The second kappa shape index (κ2) is 6.88. The first-order valence-corrected chi connectivity index (χ1v) is 6.67. The highest BCUT2D eigenvalue weighted by Crippen LogP contribution is 2.26. The molecule has 0 unspecified atom stereocenters. The summed E-state index contributed by atoms with van der Waals surface area (Å²) in [5.74, 6) is 1.98. The topological polar surface area (TPSA) is 43.4 Å². The lowest BCUT2D eigenvalue weighted by molar-refractivity contribution is -0.153. The zero-order valence-electron chi connectivity index (χ0n) is 9.16. The van der Waals surface area contributed by atoms with Gasteiger partial charge in [-0.05, 0) is 43.6 Å². The van der Waals surface area contributed by atoms with Crippen molar-refractivity contribution in [2.45, 2.75) is 32.6 Å². The molecule has 0 aliphatic carbocycles. The minimum atomic E-state index is -0.664. The third kappa shape index (κ3) is 4.69. The minimum absolute atomic E-state index is 0.282. The number of carbonyl (C=O) groups excluding carboxylic acids is 2. The fourth-order valence-corrected chi connectivity index (χ4v) is 2.89. The van der Waals surface area contributed by atoms with E-state index >= 15 is 0 Å². The molecule has 1 heterocycles. The lowest BCUT2D eigenvalue weighted by atomic mass is 9.96. The van der Waals surface area contributed by atoms with Crippen LogP contribution in [-0.4, -0.2) is 29.9 Å². The number of ether oxygens (including phenoxy) is 1. The van der Waals surface area contributed by atoms with E-state index in [4.69, 9.17) is 0 Å². The standard InChI is InChI=1S/C11H18O3S/c1-2-14-11(13)10(12)4-3-9-5-7-15-8-6-9/h9H,2-8H2,1H3. The van der Waals surface area contributed by atoms with E-state index < -0.39 is 5.97 Å². The van der Waals surface area contributed by atoms with Gasteiger partial charge in [-0.2, -0.15) is 11.8 Å². The van der Waals surface area contributed by atoms with Crippen molar-refractivity contribution in [3.63, 3.8) is 0 Å². The molecule has 0 N–H and O–H groups in total. The molecule has 1 saturated heterocycles. The van der Waals surface area contributed by atoms with Crippen molar-refractivity contribution in [1.29, 1.82) is 0 Å². The van der Waals surface area contributed by atoms with E-state index in [2.05, 4.69) is 4.74 Å². The Balaban J connectivity index is 2.17. The lowest BCUT2D eigenvalue weighted by Gasteiger charge is -2.20. The summed E-state index contributed by atoms with van der Waals surface area (Å²) in [5.41, 5.74) is 0. The van der Waals surface area contributed by atoms with E-state index in [9.17, 15) is 9.59 Å². The fraction of sp³-hybridized carbons (Fsp3) is 0.818. The maximum absolute atomic E-state index is 11.3. The Morgan fingerprint density at radius 3 is 2.60 bits per heavy atom. The van der Waals surface area contributed by atoms with Crippen LogP contribution in [0.2, 0.25) is 0 Å². The Kier molecular flexibility index (Phi) is 5.76. The summed E-state index contributed by atoms with van der Waals surface area (Å²) in [6.07, 6.45) is 3.56. The number of esters is 1. The molecule has 3 nitrogen and oxygen atoms in total. The molecule has 0 aromatic rings. The Labute approximate surface area is 94.9 Å². The summed E-state index contributed by atoms with van der Waals surface area (Å²) in [6, 6.07) is 0. The van der Waals surface area contributed by atoms with Crippen LogP contribution in [-0.2, 0) is 14.3 Å². The predicted octanol–water partition coefficient (Wildman–Crippen LogP) is 2.04. The minimum Gasteiger partial charge on any atom is -0.460 e. The Bertz CT molecular complexity index is 222. The SMILES string of the molecule is CCOC(=O)C(=O)CCC1CCSCC1. The van der Waals surface area contributed by atoms with Crippen molar-refractivity contribution in [2.75, 3.05) is 18.1 Å².